The first-order valence-corrected chi connectivity index (χ1v) is 9.67. The predicted molar refractivity (Wildman–Crippen MR) is 107 cm³/mol. The number of aromatic amines is 1. The SMILES string of the molecule is O=C(CCc1c(-c2ccc(F)cc2)[nH]c2ccccc12)NNC(=O)C1CCCO1. The van der Waals surface area contributed by atoms with Crippen molar-refractivity contribution >= 4 is 22.7 Å². The Morgan fingerprint density at radius 1 is 1.10 bits per heavy atom. The van der Waals surface area contributed by atoms with Crippen LogP contribution >= 0.6 is 0 Å². The Balaban J connectivity index is 1.46. The smallest absolute Gasteiger partial charge is 0.267 e. The van der Waals surface area contributed by atoms with E-state index in [-0.39, 0.29) is 24.1 Å². The van der Waals surface area contributed by atoms with E-state index < -0.39 is 6.10 Å². The van der Waals surface area contributed by atoms with Gasteiger partial charge in [-0.3, -0.25) is 20.4 Å². The molecule has 6 nitrogen and oxygen atoms in total. The number of hydrogen-bond donors (Lipinski definition) is 3. The molecular formula is C22H22FN3O3. The summed E-state index contributed by atoms with van der Waals surface area (Å²) in [6.07, 6.45) is 1.69. The Morgan fingerprint density at radius 3 is 2.66 bits per heavy atom. The average Bonchev–Trinajstić information content (AvgIpc) is 3.39. The maximum absolute atomic E-state index is 13.3. The highest BCUT2D eigenvalue weighted by Gasteiger charge is 2.23. The van der Waals surface area contributed by atoms with Gasteiger partial charge < -0.3 is 9.72 Å². The molecule has 1 aliphatic heterocycles. The number of halogens is 1. The van der Waals surface area contributed by atoms with Crippen LogP contribution in [-0.4, -0.2) is 29.5 Å². The van der Waals surface area contributed by atoms with Crippen LogP contribution in [0.15, 0.2) is 48.5 Å². The summed E-state index contributed by atoms with van der Waals surface area (Å²) in [5.41, 5.74) is 8.54. The summed E-state index contributed by atoms with van der Waals surface area (Å²) < 4.78 is 18.6. The van der Waals surface area contributed by atoms with Gasteiger partial charge in [-0.25, -0.2) is 4.39 Å². The number of carbonyl (C=O) groups excluding carboxylic acids is 2. The summed E-state index contributed by atoms with van der Waals surface area (Å²) in [5, 5.41) is 1.02. The molecule has 3 N–H and O–H groups in total. The Morgan fingerprint density at radius 2 is 1.90 bits per heavy atom. The number of fused-ring (bicyclic) bond motifs is 1. The average molecular weight is 395 g/mol. The Hall–Kier alpha value is -3.19. The topological polar surface area (TPSA) is 83.2 Å². The maximum Gasteiger partial charge on any atom is 0.267 e. The number of benzene rings is 2. The number of aryl methyl sites for hydroxylation is 1. The molecule has 0 saturated carbocycles. The molecule has 150 valence electrons. The molecule has 1 aromatic heterocycles. The van der Waals surface area contributed by atoms with E-state index in [1.54, 1.807) is 12.1 Å². The number of amides is 2. The van der Waals surface area contributed by atoms with Crippen molar-refractivity contribution in [1.82, 2.24) is 15.8 Å². The first-order valence-electron chi connectivity index (χ1n) is 9.67. The lowest BCUT2D eigenvalue weighted by atomic mass is 10.0. The summed E-state index contributed by atoms with van der Waals surface area (Å²) in [4.78, 5) is 27.6. The standard InChI is InChI=1S/C22H22FN3O3/c23-15-9-7-14(8-10-15)21-17(16-4-1-2-5-18(16)24-21)11-12-20(27)25-26-22(28)19-6-3-13-29-19/h1-2,4-5,7-10,19,24H,3,6,11-13H2,(H,25,27)(H,26,28). The molecule has 1 saturated heterocycles. The fourth-order valence-corrected chi connectivity index (χ4v) is 3.62. The van der Waals surface area contributed by atoms with E-state index in [2.05, 4.69) is 15.8 Å². The van der Waals surface area contributed by atoms with Crippen molar-refractivity contribution in [2.24, 2.45) is 0 Å². The molecule has 1 fully saturated rings. The molecular weight excluding hydrogens is 373 g/mol. The number of aromatic nitrogens is 1. The maximum atomic E-state index is 13.3. The van der Waals surface area contributed by atoms with Crippen LogP contribution in [0.1, 0.15) is 24.8 Å². The van der Waals surface area contributed by atoms with Gasteiger partial charge in [-0.1, -0.05) is 18.2 Å². The molecule has 2 heterocycles. The third-order valence-electron chi connectivity index (χ3n) is 5.10. The summed E-state index contributed by atoms with van der Waals surface area (Å²) in [5.74, 6) is -0.908. The van der Waals surface area contributed by atoms with E-state index in [9.17, 15) is 14.0 Å². The van der Waals surface area contributed by atoms with Crippen LogP contribution in [0.3, 0.4) is 0 Å². The number of hydrogen-bond acceptors (Lipinski definition) is 3. The summed E-state index contributed by atoms with van der Waals surface area (Å²) in [6, 6.07) is 14.1. The molecule has 0 radical (unpaired) electrons. The zero-order valence-corrected chi connectivity index (χ0v) is 15.8. The number of hydrazine groups is 1. The molecule has 7 heteroatoms. The fourth-order valence-electron chi connectivity index (χ4n) is 3.62. The second-order valence-corrected chi connectivity index (χ2v) is 7.07. The van der Waals surface area contributed by atoms with Crippen molar-refractivity contribution < 1.29 is 18.7 Å². The normalized spacial score (nSPS) is 16.1. The zero-order chi connectivity index (χ0) is 20.2. The molecule has 0 aliphatic carbocycles. The minimum atomic E-state index is -0.492. The van der Waals surface area contributed by atoms with E-state index in [0.29, 0.717) is 19.4 Å². The van der Waals surface area contributed by atoms with E-state index in [1.807, 2.05) is 24.3 Å². The fraction of sp³-hybridized carbons (Fsp3) is 0.273. The van der Waals surface area contributed by atoms with Gasteiger partial charge in [0.05, 0.1) is 0 Å². The summed E-state index contributed by atoms with van der Waals surface area (Å²) in [6.45, 7) is 0.568. The lowest BCUT2D eigenvalue weighted by molar-refractivity contribution is -0.134. The van der Waals surface area contributed by atoms with Gasteiger partial charge in [0.25, 0.3) is 5.91 Å². The largest absolute Gasteiger partial charge is 0.368 e. The molecule has 4 rings (SSSR count). The minimum Gasteiger partial charge on any atom is -0.368 e. The number of para-hydroxylation sites is 1. The highest BCUT2D eigenvalue weighted by molar-refractivity contribution is 5.91. The van der Waals surface area contributed by atoms with E-state index in [4.69, 9.17) is 4.74 Å². The highest BCUT2D eigenvalue weighted by Crippen LogP contribution is 2.31. The Labute approximate surface area is 167 Å². The second kappa shape index (κ2) is 8.45. The number of rotatable bonds is 5. The van der Waals surface area contributed by atoms with Gasteiger partial charge in [0.15, 0.2) is 0 Å². The van der Waals surface area contributed by atoms with Gasteiger partial charge in [0, 0.05) is 29.6 Å². The molecule has 1 unspecified atom stereocenters. The Bertz CT molecular complexity index is 1020. The number of ether oxygens (including phenoxy) is 1. The van der Waals surface area contributed by atoms with Crippen LogP contribution in [0.4, 0.5) is 4.39 Å². The van der Waals surface area contributed by atoms with E-state index in [1.165, 1.54) is 12.1 Å². The molecule has 2 amide bonds. The number of carbonyl (C=O) groups is 2. The predicted octanol–water partition coefficient (Wildman–Crippen LogP) is 3.23. The summed E-state index contributed by atoms with van der Waals surface area (Å²) >= 11 is 0. The van der Waals surface area contributed by atoms with Crippen molar-refractivity contribution in [3.05, 3.63) is 59.9 Å². The van der Waals surface area contributed by atoms with Crippen molar-refractivity contribution in [3.8, 4) is 11.3 Å². The van der Waals surface area contributed by atoms with Gasteiger partial charge in [-0.05, 0) is 60.7 Å². The van der Waals surface area contributed by atoms with Gasteiger partial charge in [-0.15, -0.1) is 0 Å². The molecule has 3 aromatic rings. The quantitative estimate of drug-likeness (QED) is 0.580. The number of H-pyrrole nitrogens is 1. The Kier molecular flexibility index (Phi) is 5.57. The van der Waals surface area contributed by atoms with Crippen LogP contribution in [0.2, 0.25) is 0 Å². The van der Waals surface area contributed by atoms with Crippen molar-refractivity contribution in [3.63, 3.8) is 0 Å². The van der Waals surface area contributed by atoms with Gasteiger partial charge >= 0.3 is 0 Å². The van der Waals surface area contributed by atoms with Crippen molar-refractivity contribution in [2.75, 3.05) is 6.61 Å². The van der Waals surface area contributed by atoms with E-state index in [0.717, 1.165) is 34.1 Å². The molecule has 29 heavy (non-hydrogen) atoms. The molecule has 0 bridgehead atoms. The molecule has 1 atom stereocenters. The third-order valence-corrected chi connectivity index (χ3v) is 5.10. The van der Waals surface area contributed by atoms with Crippen LogP contribution in [-0.2, 0) is 20.7 Å². The summed E-state index contributed by atoms with van der Waals surface area (Å²) in [7, 11) is 0. The lowest BCUT2D eigenvalue weighted by Gasteiger charge is -2.11. The van der Waals surface area contributed by atoms with Gasteiger partial charge in [0.1, 0.15) is 11.9 Å². The van der Waals surface area contributed by atoms with Crippen LogP contribution in [0.25, 0.3) is 22.2 Å². The molecule has 2 aromatic carbocycles. The number of nitrogens with one attached hydrogen (secondary N) is 3. The minimum absolute atomic E-state index is 0.196. The van der Waals surface area contributed by atoms with Crippen LogP contribution in [0.5, 0.6) is 0 Å². The van der Waals surface area contributed by atoms with Crippen LogP contribution in [0, 0.1) is 5.82 Å². The molecule has 1 aliphatic rings. The van der Waals surface area contributed by atoms with E-state index >= 15 is 0 Å². The van der Waals surface area contributed by atoms with Crippen molar-refractivity contribution in [2.45, 2.75) is 31.8 Å². The highest BCUT2D eigenvalue weighted by atomic mass is 19.1. The third kappa shape index (κ3) is 4.30. The van der Waals surface area contributed by atoms with Gasteiger partial charge in [0.2, 0.25) is 5.91 Å². The first-order chi connectivity index (χ1) is 14.1. The monoisotopic (exact) mass is 395 g/mol. The van der Waals surface area contributed by atoms with Crippen molar-refractivity contribution in [1.29, 1.82) is 0 Å². The van der Waals surface area contributed by atoms with Crippen LogP contribution < -0.4 is 10.9 Å². The lowest BCUT2D eigenvalue weighted by Crippen LogP contribution is -2.46. The van der Waals surface area contributed by atoms with Gasteiger partial charge in [-0.2, -0.15) is 0 Å². The molecule has 0 spiro atoms. The first kappa shape index (κ1) is 19.1. The zero-order valence-electron chi connectivity index (χ0n) is 15.8. The second-order valence-electron chi connectivity index (χ2n) is 7.07.